The Morgan fingerprint density at radius 2 is 1.94 bits per heavy atom. The Morgan fingerprint density at radius 1 is 1.12 bits per heavy atom. The van der Waals surface area contributed by atoms with Crippen molar-refractivity contribution in [1.82, 2.24) is 10.6 Å². The zero-order valence-electron chi connectivity index (χ0n) is 8.91. The van der Waals surface area contributed by atoms with E-state index in [1.54, 1.807) is 11.8 Å². The van der Waals surface area contributed by atoms with Crippen molar-refractivity contribution in [2.24, 2.45) is 5.92 Å². The fourth-order valence-corrected chi connectivity index (χ4v) is 4.25. The Labute approximate surface area is 98.2 Å². The first-order valence-electron chi connectivity index (χ1n) is 5.75. The molecular formula is C11H14N2O2S. The molecule has 0 aromatic carbocycles. The molecule has 1 aliphatic carbocycles. The van der Waals surface area contributed by atoms with Gasteiger partial charge in [-0.25, -0.2) is 4.79 Å². The lowest BCUT2D eigenvalue weighted by Crippen LogP contribution is -2.56. The molecule has 3 rings (SSSR count). The Kier molecular flexibility index (Phi) is 2.42. The second-order valence-electron chi connectivity index (χ2n) is 4.49. The molecule has 16 heavy (non-hydrogen) atoms. The van der Waals surface area contributed by atoms with Gasteiger partial charge < -0.3 is 5.32 Å². The predicted molar refractivity (Wildman–Crippen MR) is 61.7 cm³/mol. The molecule has 3 aliphatic rings. The first kappa shape index (κ1) is 10.2. The van der Waals surface area contributed by atoms with Crippen molar-refractivity contribution in [3.8, 4) is 0 Å². The van der Waals surface area contributed by atoms with Crippen LogP contribution in [0.5, 0.6) is 0 Å². The molecular weight excluding hydrogens is 224 g/mol. The highest BCUT2D eigenvalue weighted by Gasteiger charge is 2.44. The summed E-state index contributed by atoms with van der Waals surface area (Å²) in [6.07, 6.45) is 5.73. The summed E-state index contributed by atoms with van der Waals surface area (Å²) in [7, 11) is 0. The van der Waals surface area contributed by atoms with Crippen molar-refractivity contribution >= 4 is 23.7 Å². The third-order valence-corrected chi connectivity index (χ3v) is 4.84. The Bertz CT molecular complexity index is 391. The number of carbonyl (C=O) groups excluding carboxylic acids is 2. The van der Waals surface area contributed by atoms with Gasteiger partial charge in [0, 0.05) is 0 Å². The molecule has 86 valence electrons. The number of nitrogens with one attached hydrogen (secondary N) is 2. The van der Waals surface area contributed by atoms with Gasteiger partial charge in [0.25, 0.3) is 0 Å². The highest BCUT2D eigenvalue weighted by Crippen LogP contribution is 2.47. The predicted octanol–water partition coefficient (Wildman–Crippen LogP) is 1.73. The maximum Gasteiger partial charge on any atom is 0.322 e. The molecule has 4 nitrogen and oxygen atoms in total. The van der Waals surface area contributed by atoms with Crippen molar-refractivity contribution < 1.29 is 9.59 Å². The van der Waals surface area contributed by atoms with Gasteiger partial charge >= 0.3 is 6.03 Å². The lowest BCUT2D eigenvalue weighted by atomic mass is 9.93. The maximum atomic E-state index is 11.8. The van der Waals surface area contributed by atoms with Crippen molar-refractivity contribution in [2.45, 2.75) is 37.5 Å². The molecule has 3 amide bonds. The van der Waals surface area contributed by atoms with Crippen LogP contribution in [0.1, 0.15) is 32.1 Å². The van der Waals surface area contributed by atoms with Gasteiger partial charge in [0.05, 0.1) is 11.3 Å². The summed E-state index contributed by atoms with van der Waals surface area (Å²) >= 11 is 1.69. The molecule has 2 heterocycles. The van der Waals surface area contributed by atoms with Gasteiger partial charge in [0.15, 0.2) is 0 Å². The molecule has 2 atom stereocenters. The smallest absolute Gasteiger partial charge is 0.322 e. The van der Waals surface area contributed by atoms with Crippen LogP contribution in [0.2, 0.25) is 0 Å². The standard InChI is InChI=1S/C11H14N2O2S/c14-9-8-6-4-2-1-3-5-7(6)16-10(8)13-11(15)12-9/h8,10H,1-5H2,(H2,12,13,14,15). The highest BCUT2D eigenvalue weighted by atomic mass is 32.2. The summed E-state index contributed by atoms with van der Waals surface area (Å²) in [5, 5.41) is 5.15. The number of amides is 3. The van der Waals surface area contributed by atoms with Crippen LogP contribution in [-0.4, -0.2) is 17.3 Å². The van der Waals surface area contributed by atoms with E-state index in [4.69, 9.17) is 0 Å². The van der Waals surface area contributed by atoms with E-state index in [1.165, 1.54) is 29.7 Å². The molecule has 1 saturated heterocycles. The van der Waals surface area contributed by atoms with E-state index in [9.17, 15) is 9.59 Å². The quantitative estimate of drug-likeness (QED) is 0.675. The van der Waals surface area contributed by atoms with E-state index in [0.717, 1.165) is 12.8 Å². The number of urea groups is 1. The summed E-state index contributed by atoms with van der Waals surface area (Å²) in [4.78, 5) is 24.4. The summed E-state index contributed by atoms with van der Waals surface area (Å²) in [6, 6.07) is -0.351. The first-order valence-corrected chi connectivity index (χ1v) is 6.63. The fourth-order valence-electron chi connectivity index (χ4n) is 2.71. The number of rotatable bonds is 0. The number of carbonyl (C=O) groups is 2. The zero-order chi connectivity index (χ0) is 11.1. The van der Waals surface area contributed by atoms with Crippen LogP contribution in [0.15, 0.2) is 10.5 Å². The SMILES string of the molecule is O=C1NC(=O)C2C3=C(CCCCC3)SC2N1. The molecule has 0 aromatic rings. The van der Waals surface area contributed by atoms with Gasteiger partial charge in [-0.3, -0.25) is 10.1 Å². The monoisotopic (exact) mass is 238 g/mol. The maximum absolute atomic E-state index is 11.8. The third-order valence-electron chi connectivity index (χ3n) is 3.45. The largest absolute Gasteiger partial charge is 0.325 e. The average Bonchev–Trinajstić information content (AvgIpc) is 2.42. The van der Waals surface area contributed by atoms with Crippen LogP contribution >= 0.6 is 11.8 Å². The highest BCUT2D eigenvalue weighted by molar-refractivity contribution is 8.04. The second kappa shape index (κ2) is 3.80. The van der Waals surface area contributed by atoms with Crippen molar-refractivity contribution in [3.63, 3.8) is 0 Å². The minimum atomic E-state index is -0.351. The Hall–Kier alpha value is -0.970. The number of thioether (sulfide) groups is 1. The normalized spacial score (nSPS) is 33.8. The number of allylic oxidation sites excluding steroid dienone is 1. The molecule has 0 aromatic heterocycles. The van der Waals surface area contributed by atoms with E-state index in [2.05, 4.69) is 10.6 Å². The topological polar surface area (TPSA) is 58.2 Å². The van der Waals surface area contributed by atoms with Crippen LogP contribution in [0.4, 0.5) is 4.79 Å². The molecule has 0 bridgehead atoms. The molecule has 1 fully saturated rings. The molecule has 0 saturated carbocycles. The van der Waals surface area contributed by atoms with Crippen LogP contribution in [0, 0.1) is 5.92 Å². The molecule has 2 unspecified atom stereocenters. The molecule has 0 spiro atoms. The second-order valence-corrected chi connectivity index (χ2v) is 5.72. The summed E-state index contributed by atoms with van der Waals surface area (Å²) in [5.74, 6) is -0.232. The van der Waals surface area contributed by atoms with Gasteiger partial charge in [0.1, 0.15) is 0 Å². The number of fused-ring (bicyclic) bond motifs is 2. The van der Waals surface area contributed by atoms with Crippen molar-refractivity contribution in [2.75, 3.05) is 0 Å². The van der Waals surface area contributed by atoms with Gasteiger partial charge in [-0.15, -0.1) is 11.8 Å². The van der Waals surface area contributed by atoms with Gasteiger partial charge in [-0.1, -0.05) is 6.42 Å². The van der Waals surface area contributed by atoms with Gasteiger partial charge in [-0.2, -0.15) is 0 Å². The zero-order valence-corrected chi connectivity index (χ0v) is 9.73. The lowest BCUT2D eigenvalue weighted by Gasteiger charge is -2.27. The van der Waals surface area contributed by atoms with Crippen molar-refractivity contribution in [1.29, 1.82) is 0 Å². The summed E-state index contributed by atoms with van der Waals surface area (Å²) in [5.41, 5.74) is 1.28. The van der Waals surface area contributed by atoms with E-state index in [1.807, 2.05) is 0 Å². The minimum absolute atomic E-state index is 0.0515. The molecule has 0 radical (unpaired) electrons. The van der Waals surface area contributed by atoms with E-state index < -0.39 is 0 Å². The number of imide groups is 1. The Morgan fingerprint density at radius 3 is 2.81 bits per heavy atom. The molecule has 5 heteroatoms. The van der Waals surface area contributed by atoms with Gasteiger partial charge in [-0.05, 0) is 36.2 Å². The first-order chi connectivity index (χ1) is 7.75. The van der Waals surface area contributed by atoms with Crippen LogP contribution in [-0.2, 0) is 4.79 Å². The van der Waals surface area contributed by atoms with Crippen molar-refractivity contribution in [3.05, 3.63) is 10.5 Å². The van der Waals surface area contributed by atoms with Crippen LogP contribution < -0.4 is 10.6 Å². The minimum Gasteiger partial charge on any atom is -0.325 e. The van der Waals surface area contributed by atoms with Crippen LogP contribution in [0.25, 0.3) is 0 Å². The third kappa shape index (κ3) is 1.54. The van der Waals surface area contributed by atoms with E-state index >= 15 is 0 Å². The number of hydrogen-bond acceptors (Lipinski definition) is 3. The van der Waals surface area contributed by atoms with Crippen LogP contribution in [0.3, 0.4) is 0 Å². The fraction of sp³-hybridized carbons (Fsp3) is 0.636. The lowest BCUT2D eigenvalue weighted by molar-refractivity contribution is -0.123. The van der Waals surface area contributed by atoms with E-state index in [-0.39, 0.29) is 23.2 Å². The Balaban J connectivity index is 1.90. The van der Waals surface area contributed by atoms with Gasteiger partial charge in [0.2, 0.25) is 5.91 Å². The molecule has 2 aliphatic heterocycles. The summed E-state index contributed by atoms with van der Waals surface area (Å²) < 4.78 is 0. The number of hydrogen-bond donors (Lipinski definition) is 2. The molecule has 2 N–H and O–H groups in total. The van der Waals surface area contributed by atoms with E-state index in [0.29, 0.717) is 0 Å². The summed E-state index contributed by atoms with van der Waals surface area (Å²) in [6.45, 7) is 0. The average molecular weight is 238 g/mol.